The van der Waals surface area contributed by atoms with Gasteiger partial charge < -0.3 is 9.84 Å². The van der Waals surface area contributed by atoms with Crippen molar-refractivity contribution < 1.29 is 9.32 Å². The van der Waals surface area contributed by atoms with Gasteiger partial charge in [0.1, 0.15) is 10.7 Å². The SMILES string of the molecule is O=C(NCc1nccs1)c1cc(-c2cccc(Cl)c2)no1. The number of rotatable bonds is 4. The highest BCUT2D eigenvalue weighted by atomic mass is 35.5. The van der Waals surface area contributed by atoms with E-state index in [0.717, 1.165) is 10.6 Å². The Morgan fingerprint density at radius 1 is 1.38 bits per heavy atom. The number of halogens is 1. The normalized spacial score (nSPS) is 10.5. The first-order valence-corrected chi connectivity index (χ1v) is 7.37. The van der Waals surface area contributed by atoms with Gasteiger partial charge in [0.2, 0.25) is 5.76 Å². The van der Waals surface area contributed by atoms with Crippen molar-refractivity contribution in [3.05, 3.63) is 57.7 Å². The molecule has 3 rings (SSSR count). The van der Waals surface area contributed by atoms with Crippen LogP contribution in [-0.4, -0.2) is 16.0 Å². The maximum absolute atomic E-state index is 12.0. The maximum Gasteiger partial charge on any atom is 0.290 e. The van der Waals surface area contributed by atoms with Gasteiger partial charge in [-0.25, -0.2) is 4.98 Å². The highest BCUT2D eigenvalue weighted by Crippen LogP contribution is 2.22. The molecule has 0 fully saturated rings. The van der Waals surface area contributed by atoms with Gasteiger partial charge in [0.05, 0.1) is 6.54 Å². The van der Waals surface area contributed by atoms with E-state index >= 15 is 0 Å². The zero-order valence-corrected chi connectivity index (χ0v) is 12.3. The van der Waals surface area contributed by atoms with Gasteiger partial charge in [-0.1, -0.05) is 28.9 Å². The van der Waals surface area contributed by atoms with E-state index in [4.69, 9.17) is 16.1 Å². The monoisotopic (exact) mass is 319 g/mol. The number of thiazole rings is 1. The largest absolute Gasteiger partial charge is 0.350 e. The molecule has 0 saturated carbocycles. The van der Waals surface area contributed by atoms with Crippen LogP contribution in [0.5, 0.6) is 0 Å². The molecule has 2 aromatic heterocycles. The molecular weight excluding hydrogens is 310 g/mol. The summed E-state index contributed by atoms with van der Waals surface area (Å²) in [4.78, 5) is 16.0. The molecule has 21 heavy (non-hydrogen) atoms. The minimum Gasteiger partial charge on any atom is -0.350 e. The molecule has 1 amide bonds. The lowest BCUT2D eigenvalue weighted by atomic mass is 10.1. The van der Waals surface area contributed by atoms with Crippen molar-refractivity contribution in [1.82, 2.24) is 15.5 Å². The Balaban J connectivity index is 1.71. The third-order valence-electron chi connectivity index (χ3n) is 2.74. The summed E-state index contributed by atoms with van der Waals surface area (Å²) < 4.78 is 5.07. The van der Waals surface area contributed by atoms with Crippen LogP contribution in [0.25, 0.3) is 11.3 Å². The molecule has 0 spiro atoms. The molecule has 0 unspecified atom stereocenters. The summed E-state index contributed by atoms with van der Waals surface area (Å²) in [6.07, 6.45) is 1.69. The Morgan fingerprint density at radius 3 is 3.05 bits per heavy atom. The number of hydrogen-bond acceptors (Lipinski definition) is 5. The molecule has 0 aliphatic heterocycles. The van der Waals surface area contributed by atoms with E-state index in [1.54, 1.807) is 24.4 Å². The summed E-state index contributed by atoms with van der Waals surface area (Å²) in [5, 5.41) is 9.90. The van der Waals surface area contributed by atoms with Crippen LogP contribution in [0.4, 0.5) is 0 Å². The average Bonchev–Trinajstić information content (AvgIpc) is 3.16. The van der Waals surface area contributed by atoms with Crippen LogP contribution in [0, 0.1) is 0 Å². The van der Waals surface area contributed by atoms with E-state index in [1.807, 2.05) is 17.5 Å². The zero-order valence-electron chi connectivity index (χ0n) is 10.7. The Kier molecular flexibility index (Phi) is 3.98. The second-order valence-electron chi connectivity index (χ2n) is 4.20. The van der Waals surface area contributed by atoms with E-state index < -0.39 is 0 Å². The highest BCUT2D eigenvalue weighted by molar-refractivity contribution is 7.09. The van der Waals surface area contributed by atoms with Crippen molar-refractivity contribution in [3.63, 3.8) is 0 Å². The third-order valence-corrected chi connectivity index (χ3v) is 3.75. The van der Waals surface area contributed by atoms with E-state index in [0.29, 0.717) is 17.3 Å². The standard InChI is InChI=1S/C14H10ClN3O2S/c15-10-3-1-2-9(6-10)11-7-12(20-18-11)14(19)17-8-13-16-4-5-21-13/h1-7H,8H2,(H,17,19). The third kappa shape index (κ3) is 3.29. The number of carbonyl (C=O) groups excluding carboxylic acids is 1. The quantitative estimate of drug-likeness (QED) is 0.800. The van der Waals surface area contributed by atoms with Crippen molar-refractivity contribution in [3.8, 4) is 11.3 Å². The molecule has 0 saturated heterocycles. The Morgan fingerprint density at radius 2 is 2.29 bits per heavy atom. The molecule has 2 heterocycles. The summed E-state index contributed by atoms with van der Waals surface area (Å²) >= 11 is 7.40. The first-order chi connectivity index (χ1) is 10.2. The predicted molar refractivity (Wildman–Crippen MR) is 80.2 cm³/mol. The molecule has 0 aliphatic carbocycles. The summed E-state index contributed by atoms with van der Waals surface area (Å²) in [6.45, 7) is 0.365. The van der Waals surface area contributed by atoms with Crippen molar-refractivity contribution in [1.29, 1.82) is 0 Å². The lowest BCUT2D eigenvalue weighted by molar-refractivity contribution is 0.0914. The number of carbonyl (C=O) groups is 1. The van der Waals surface area contributed by atoms with Crippen molar-refractivity contribution >= 4 is 28.8 Å². The Hall–Kier alpha value is -2.18. The lowest BCUT2D eigenvalue weighted by Gasteiger charge is -1.98. The van der Waals surface area contributed by atoms with Gasteiger partial charge in [0, 0.05) is 28.2 Å². The van der Waals surface area contributed by atoms with Crippen LogP contribution in [0.1, 0.15) is 15.6 Å². The van der Waals surface area contributed by atoms with Gasteiger partial charge in [-0.15, -0.1) is 11.3 Å². The van der Waals surface area contributed by atoms with Crippen LogP contribution in [-0.2, 0) is 6.54 Å². The van der Waals surface area contributed by atoms with Gasteiger partial charge in [0.25, 0.3) is 5.91 Å². The van der Waals surface area contributed by atoms with Gasteiger partial charge in [0.15, 0.2) is 0 Å². The summed E-state index contributed by atoms with van der Waals surface area (Å²) in [5.41, 5.74) is 1.36. The molecule has 106 valence electrons. The maximum atomic E-state index is 12.0. The fraction of sp³-hybridized carbons (Fsp3) is 0.0714. The molecule has 1 N–H and O–H groups in total. The van der Waals surface area contributed by atoms with Crippen LogP contribution in [0.3, 0.4) is 0 Å². The van der Waals surface area contributed by atoms with E-state index in [-0.39, 0.29) is 11.7 Å². The van der Waals surface area contributed by atoms with Gasteiger partial charge >= 0.3 is 0 Å². The zero-order chi connectivity index (χ0) is 14.7. The fourth-order valence-electron chi connectivity index (χ4n) is 1.75. The average molecular weight is 320 g/mol. The molecule has 1 aromatic carbocycles. The minimum atomic E-state index is -0.328. The number of hydrogen-bond donors (Lipinski definition) is 1. The van der Waals surface area contributed by atoms with E-state index in [2.05, 4.69) is 15.5 Å². The smallest absolute Gasteiger partial charge is 0.290 e. The summed E-state index contributed by atoms with van der Waals surface area (Å²) in [5.74, 6) is -0.174. The van der Waals surface area contributed by atoms with E-state index in [1.165, 1.54) is 11.3 Å². The number of benzene rings is 1. The lowest BCUT2D eigenvalue weighted by Crippen LogP contribution is -2.22. The molecule has 7 heteroatoms. The van der Waals surface area contributed by atoms with Gasteiger partial charge in [-0.3, -0.25) is 4.79 Å². The minimum absolute atomic E-state index is 0.154. The second kappa shape index (κ2) is 6.07. The predicted octanol–water partition coefficient (Wildman–Crippen LogP) is 3.38. The number of nitrogens with one attached hydrogen (secondary N) is 1. The second-order valence-corrected chi connectivity index (χ2v) is 5.61. The molecule has 3 aromatic rings. The molecule has 5 nitrogen and oxygen atoms in total. The van der Waals surface area contributed by atoms with Gasteiger partial charge in [-0.2, -0.15) is 0 Å². The van der Waals surface area contributed by atoms with Crippen molar-refractivity contribution in [2.45, 2.75) is 6.54 Å². The molecule has 0 atom stereocenters. The first-order valence-electron chi connectivity index (χ1n) is 6.11. The Bertz CT molecular complexity index is 755. The van der Waals surface area contributed by atoms with Crippen LogP contribution in [0.15, 0.2) is 46.4 Å². The molecular formula is C14H10ClN3O2S. The van der Waals surface area contributed by atoms with Crippen LogP contribution in [0.2, 0.25) is 5.02 Å². The summed E-state index contributed by atoms with van der Waals surface area (Å²) in [7, 11) is 0. The molecule has 0 aliphatic rings. The first kappa shape index (κ1) is 13.8. The topological polar surface area (TPSA) is 68.0 Å². The van der Waals surface area contributed by atoms with Crippen LogP contribution < -0.4 is 5.32 Å². The van der Waals surface area contributed by atoms with Crippen molar-refractivity contribution in [2.24, 2.45) is 0 Å². The highest BCUT2D eigenvalue weighted by Gasteiger charge is 2.14. The Labute approximate surface area is 129 Å². The van der Waals surface area contributed by atoms with Crippen LogP contribution >= 0.6 is 22.9 Å². The number of nitrogens with zero attached hydrogens (tertiary/aromatic N) is 2. The number of amides is 1. The number of aromatic nitrogens is 2. The van der Waals surface area contributed by atoms with Crippen molar-refractivity contribution in [2.75, 3.05) is 0 Å². The van der Waals surface area contributed by atoms with E-state index in [9.17, 15) is 4.79 Å². The molecule has 0 radical (unpaired) electrons. The summed E-state index contributed by atoms with van der Waals surface area (Å²) in [6, 6.07) is 8.78. The van der Waals surface area contributed by atoms with Gasteiger partial charge in [-0.05, 0) is 12.1 Å². The fourth-order valence-corrected chi connectivity index (χ4v) is 2.50. The molecule has 0 bridgehead atoms.